The number of nitrogens with one attached hydrogen (secondary N) is 1. The van der Waals surface area contributed by atoms with Gasteiger partial charge in [-0.3, -0.25) is 9.69 Å². The Morgan fingerprint density at radius 2 is 1.78 bits per heavy atom. The number of carbonyl (C=O) groups excluding carboxylic acids is 1. The standard InChI is InChI=1S/C15H30N4O3S/c1-15(2,18-10-8-17(3)9-11-18)12-16-14(20)13-6-5-7-19(13)23(4,21)22/h13H,5-12H2,1-4H3,(H,16,20). The van der Waals surface area contributed by atoms with Gasteiger partial charge in [-0.15, -0.1) is 0 Å². The summed E-state index contributed by atoms with van der Waals surface area (Å²) in [5, 5.41) is 2.98. The highest BCUT2D eigenvalue weighted by atomic mass is 32.2. The highest BCUT2D eigenvalue weighted by Crippen LogP contribution is 2.21. The van der Waals surface area contributed by atoms with Crippen molar-refractivity contribution < 1.29 is 13.2 Å². The molecule has 0 spiro atoms. The molecule has 0 aromatic heterocycles. The van der Waals surface area contributed by atoms with E-state index in [1.165, 1.54) is 10.6 Å². The van der Waals surface area contributed by atoms with E-state index >= 15 is 0 Å². The van der Waals surface area contributed by atoms with Gasteiger partial charge in [-0.25, -0.2) is 8.42 Å². The lowest BCUT2D eigenvalue weighted by molar-refractivity contribution is -0.124. The van der Waals surface area contributed by atoms with Crippen LogP contribution in [-0.2, 0) is 14.8 Å². The SMILES string of the molecule is CN1CCN(C(C)(C)CNC(=O)C2CCCN2S(C)(=O)=O)CC1. The van der Waals surface area contributed by atoms with Crippen LogP contribution in [0.3, 0.4) is 0 Å². The molecular formula is C15H30N4O3S. The summed E-state index contributed by atoms with van der Waals surface area (Å²) in [4.78, 5) is 17.1. The average molecular weight is 346 g/mol. The maximum atomic E-state index is 12.4. The third-order valence-electron chi connectivity index (χ3n) is 4.99. The van der Waals surface area contributed by atoms with E-state index in [0.717, 1.165) is 32.6 Å². The van der Waals surface area contributed by atoms with Gasteiger partial charge in [-0.2, -0.15) is 4.31 Å². The number of amides is 1. The van der Waals surface area contributed by atoms with Crippen molar-refractivity contribution in [1.82, 2.24) is 19.4 Å². The van der Waals surface area contributed by atoms with Gasteiger partial charge >= 0.3 is 0 Å². The molecule has 2 saturated heterocycles. The first-order chi connectivity index (χ1) is 10.6. The fourth-order valence-electron chi connectivity index (χ4n) is 3.34. The lowest BCUT2D eigenvalue weighted by atomic mass is 10.0. The Hall–Kier alpha value is -0.700. The number of carbonyl (C=O) groups is 1. The molecule has 1 atom stereocenters. The first-order valence-electron chi connectivity index (χ1n) is 8.29. The number of hydrogen-bond donors (Lipinski definition) is 1. The summed E-state index contributed by atoms with van der Waals surface area (Å²) in [5.41, 5.74) is -0.133. The van der Waals surface area contributed by atoms with Crippen LogP contribution in [0.25, 0.3) is 0 Å². The first-order valence-corrected chi connectivity index (χ1v) is 10.1. The van der Waals surface area contributed by atoms with Gasteiger partial charge in [0.25, 0.3) is 0 Å². The van der Waals surface area contributed by atoms with Crippen LogP contribution in [0.4, 0.5) is 0 Å². The van der Waals surface area contributed by atoms with E-state index < -0.39 is 16.1 Å². The van der Waals surface area contributed by atoms with Crippen LogP contribution in [0.5, 0.6) is 0 Å². The Balaban J connectivity index is 1.90. The summed E-state index contributed by atoms with van der Waals surface area (Å²) in [5.74, 6) is -0.171. The second-order valence-corrected chi connectivity index (χ2v) is 9.29. The maximum absolute atomic E-state index is 12.4. The minimum atomic E-state index is -3.32. The van der Waals surface area contributed by atoms with Crippen LogP contribution in [-0.4, -0.2) is 92.6 Å². The van der Waals surface area contributed by atoms with Gasteiger partial charge in [0, 0.05) is 44.8 Å². The molecule has 1 amide bonds. The molecule has 1 unspecified atom stereocenters. The fraction of sp³-hybridized carbons (Fsp3) is 0.933. The van der Waals surface area contributed by atoms with Gasteiger partial charge in [-0.1, -0.05) is 0 Å². The topological polar surface area (TPSA) is 73.0 Å². The molecule has 2 heterocycles. The monoisotopic (exact) mass is 346 g/mol. The average Bonchev–Trinajstić information content (AvgIpc) is 2.95. The zero-order chi connectivity index (χ0) is 17.3. The molecule has 2 fully saturated rings. The van der Waals surface area contributed by atoms with E-state index in [9.17, 15) is 13.2 Å². The Kier molecular flexibility index (Phi) is 5.71. The normalized spacial score (nSPS) is 25.7. The van der Waals surface area contributed by atoms with E-state index in [1.807, 2.05) is 0 Å². The molecule has 2 aliphatic heterocycles. The van der Waals surface area contributed by atoms with Crippen molar-refractivity contribution in [2.24, 2.45) is 0 Å². The molecule has 2 aliphatic rings. The van der Waals surface area contributed by atoms with Gasteiger partial charge in [0.05, 0.1) is 6.26 Å². The fourth-order valence-corrected chi connectivity index (χ4v) is 4.47. The molecule has 0 saturated carbocycles. The quantitative estimate of drug-likeness (QED) is 0.730. The number of likely N-dealkylation sites (N-methyl/N-ethyl adjacent to an activating group) is 1. The molecular weight excluding hydrogens is 316 g/mol. The van der Waals surface area contributed by atoms with Crippen molar-refractivity contribution in [2.45, 2.75) is 38.3 Å². The lowest BCUT2D eigenvalue weighted by Gasteiger charge is -2.43. The molecule has 0 bridgehead atoms. The Bertz CT molecular complexity index is 527. The Morgan fingerprint density at radius 1 is 1.17 bits per heavy atom. The molecule has 23 heavy (non-hydrogen) atoms. The summed E-state index contributed by atoms with van der Waals surface area (Å²) in [6.45, 7) is 9.26. The number of sulfonamides is 1. The van der Waals surface area contributed by atoms with Crippen LogP contribution in [0.2, 0.25) is 0 Å². The van der Waals surface area contributed by atoms with E-state index in [2.05, 4.69) is 36.0 Å². The molecule has 0 radical (unpaired) electrons. The van der Waals surface area contributed by atoms with E-state index in [1.54, 1.807) is 0 Å². The number of piperazine rings is 1. The largest absolute Gasteiger partial charge is 0.353 e. The summed E-state index contributed by atoms with van der Waals surface area (Å²) in [7, 11) is -1.20. The molecule has 8 heteroatoms. The van der Waals surface area contributed by atoms with Crippen molar-refractivity contribution in [2.75, 3.05) is 52.6 Å². The Labute approximate surface area is 140 Å². The van der Waals surface area contributed by atoms with Crippen LogP contribution < -0.4 is 5.32 Å². The van der Waals surface area contributed by atoms with Crippen LogP contribution in [0, 0.1) is 0 Å². The van der Waals surface area contributed by atoms with Crippen molar-refractivity contribution in [1.29, 1.82) is 0 Å². The van der Waals surface area contributed by atoms with Gasteiger partial charge in [0.15, 0.2) is 0 Å². The molecule has 0 aromatic rings. The molecule has 1 N–H and O–H groups in total. The summed E-state index contributed by atoms with van der Waals surface area (Å²) in [6.07, 6.45) is 2.52. The smallest absolute Gasteiger partial charge is 0.238 e. The zero-order valence-electron chi connectivity index (χ0n) is 14.7. The summed E-state index contributed by atoms with van der Waals surface area (Å²) < 4.78 is 24.8. The van der Waals surface area contributed by atoms with Crippen LogP contribution in [0.1, 0.15) is 26.7 Å². The zero-order valence-corrected chi connectivity index (χ0v) is 15.5. The molecule has 2 rings (SSSR count). The van der Waals surface area contributed by atoms with Crippen LogP contribution >= 0.6 is 0 Å². The van der Waals surface area contributed by atoms with Gasteiger partial charge in [0.2, 0.25) is 15.9 Å². The lowest BCUT2D eigenvalue weighted by Crippen LogP contribution is -2.59. The highest BCUT2D eigenvalue weighted by molar-refractivity contribution is 7.88. The van der Waals surface area contributed by atoms with E-state index in [-0.39, 0.29) is 11.4 Å². The minimum Gasteiger partial charge on any atom is -0.353 e. The van der Waals surface area contributed by atoms with Crippen LogP contribution in [0.15, 0.2) is 0 Å². The molecule has 0 aliphatic carbocycles. The van der Waals surface area contributed by atoms with E-state index in [4.69, 9.17) is 0 Å². The summed E-state index contributed by atoms with van der Waals surface area (Å²) in [6, 6.07) is -0.548. The molecule has 7 nitrogen and oxygen atoms in total. The summed E-state index contributed by atoms with van der Waals surface area (Å²) >= 11 is 0. The predicted octanol–water partition coefficient (Wildman–Crippen LogP) is -0.447. The highest BCUT2D eigenvalue weighted by Gasteiger charge is 2.37. The van der Waals surface area contributed by atoms with Crippen molar-refractivity contribution >= 4 is 15.9 Å². The number of nitrogens with zero attached hydrogens (tertiary/aromatic N) is 3. The maximum Gasteiger partial charge on any atom is 0.238 e. The molecule has 0 aromatic carbocycles. The molecule has 134 valence electrons. The van der Waals surface area contributed by atoms with E-state index in [0.29, 0.717) is 19.5 Å². The third-order valence-corrected chi connectivity index (χ3v) is 6.28. The van der Waals surface area contributed by atoms with Gasteiger partial charge < -0.3 is 10.2 Å². The third kappa shape index (κ3) is 4.65. The number of hydrogen-bond acceptors (Lipinski definition) is 5. The Morgan fingerprint density at radius 3 is 2.35 bits per heavy atom. The van der Waals surface area contributed by atoms with Crippen molar-refractivity contribution in [3.63, 3.8) is 0 Å². The minimum absolute atomic E-state index is 0.133. The van der Waals surface area contributed by atoms with Crippen molar-refractivity contribution in [3.8, 4) is 0 Å². The second kappa shape index (κ2) is 7.04. The van der Waals surface area contributed by atoms with Crippen molar-refractivity contribution in [3.05, 3.63) is 0 Å². The van der Waals surface area contributed by atoms with Gasteiger partial charge in [0.1, 0.15) is 6.04 Å². The first kappa shape index (κ1) is 18.6. The number of rotatable bonds is 5. The predicted molar refractivity (Wildman–Crippen MR) is 90.7 cm³/mol. The second-order valence-electron chi connectivity index (χ2n) is 7.35. The van der Waals surface area contributed by atoms with Gasteiger partial charge in [-0.05, 0) is 33.7 Å².